The van der Waals surface area contributed by atoms with Gasteiger partial charge in [0, 0.05) is 19.1 Å². The minimum atomic E-state index is -0.764. The summed E-state index contributed by atoms with van der Waals surface area (Å²) in [4.78, 5) is 24.8. The van der Waals surface area contributed by atoms with Crippen molar-refractivity contribution in [2.75, 3.05) is 13.1 Å². The highest BCUT2D eigenvalue weighted by molar-refractivity contribution is 5.75. The number of rotatable bonds is 3. The first-order valence-electron chi connectivity index (χ1n) is 7.43. The number of hydrogen-bond donors (Lipinski definition) is 3. The first-order valence-corrected chi connectivity index (χ1v) is 7.43. The van der Waals surface area contributed by atoms with Crippen molar-refractivity contribution in [1.82, 2.24) is 10.2 Å². The molecule has 0 spiro atoms. The molecule has 3 atom stereocenters. The largest absolute Gasteiger partial charge is 0.481 e. The lowest BCUT2D eigenvalue weighted by Crippen LogP contribution is -2.48. The van der Waals surface area contributed by atoms with Gasteiger partial charge in [-0.05, 0) is 44.9 Å². The first kappa shape index (κ1) is 15.1. The second-order valence-electron chi connectivity index (χ2n) is 6.06. The number of hydrogen-bond acceptors (Lipinski definition) is 3. The highest BCUT2D eigenvalue weighted by atomic mass is 16.4. The van der Waals surface area contributed by atoms with Crippen LogP contribution in [0.1, 0.15) is 39.0 Å². The fourth-order valence-electron chi connectivity index (χ4n) is 3.19. The van der Waals surface area contributed by atoms with Gasteiger partial charge in [-0.2, -0.15) is 0 Å². The maximum Gasteiger partial charge on any atom is 0.317 e. The molecule has 1 heterocycles. The van der Waals surface area contributed by atoms with Crippen LogP contribution in [0.4, 0.5) is 4.79 Å². The molecule has 0 radical (unpaired) electrons. The average Bonchev–Trinajstić information content (AvgIpc) is 2.87. The normalized spacial score (nSPS) is 29.2. The van der Waals surface area contributed by atoms with Crippen LogP contribution in [0.2, 0.25) is 0 Å². The molecule has 114 valence electrons. The number of urea groups is 1. The summed E-state index contributed by atoms with van der Waals surface area (Å²) in [5, 5.41) is 21.4. The van der Waals surface area contributed by atoms with E-state index in [1.165, 1.54) is 0 Å². The van der Waals surface area contributed by atoms with Crippen LogP contribution in [0.5, 0.6) is 0 Å². The lowest BCUT2D eigenvalue weighted by Gasteiger charge is -2.34. The molecule has 2 amide bonds. The Morgan fingerprint density at radius 3 is 2.35 bits per heavy atom. The van der Waals surface area contributed by atoms with Crippen LogP contribution in [0.25, 0.3) is 0 Å². The number of aliphatic hydroxyl groups is 1. The van der Waals surface area contributed by atoms with Gasteiger partial charge in [0.15, 0.2) is 0 Å². The summed E-state index contributed by atoms with van der Waals surface area (Å²) in [5.74, 6) is -0.803. The van der Waals surface area contributed by atoms with Crippen molar-refractivity contribution in [3.05, 3.63) is 0 Å². The zero-order chi connectivity index (χ0) is 14.7. The second-order valence-corrected chi connectivity index (χ2v) is 6.06. The molecular weight excluding hydrogens is 260 g/mol. The Morgan fingerprint density at radius 2 is 1.85 bits per heavy atom. The number of nitrogens with one attached hydrogen (secondary N) is 1. The van der Waals surface area contributed by atoms with E-state index in [1.54, 1.807) is 11.8 Å². The number of carboxylic acid groups (broad SMARTS) is 1. The number of piperidine rings is 1. The molecule has 1 aliphatic heterocycles. The zero-order valence-electron chi connectivity index (χ0n) is 11.9. The first-order chi connectivity index (χ1) is 9.47. The van der Waals surface area contributed by atoms with Gasteiger partial charge in [-0.25, -0.2) is 4.79 Å². The van der Waals surface area contributed by atoms with Crippen molar-refractivity contribution in [3.8, 4) is 0 Å². The molecule has 1 aliphatic carbocycles. The van der Waals surface area contributed by atoms with Gasteiger partial charge in [0.1, 0.15) is 0 Å². The fourth-order valence-corrected chi connectivity index (χ4v) is 3.19. The molecule has 2 aliphatic rings. The Labute approximate surface area is 119 Å². The molecule has 1 unspecified atom stereocenters. The number of likely N-dealkylation sites (tertiary alicyclic amines) is 1. The predicted octanol–water partition coefficient (Wildman–Crippen LogP) is 1.04. The van der Waals surface area contributed by atoms with Gasteiger partial charge in [0.05, 0.1) is 12.0 Å². The van der Waals surface area contributed by atoms with Crippen LogP contribution in [-0.2, 0) is 4.79 Å². The molecule has 0 aromatic carbocycles. The molecular formula is C14H24N2O4. The highest BCUT2D eigenvalue weighted by Gasteiger charge is 2.32. The fraction of sp³-hybridized carbons (Fsp3) is 0.857. The van der Waals surface area contributed by atoms with E-state index in [0.717, 1.165) is 19.3 Å². The number of aliphatic carboxylic acids is 1. The van der Waals surface area contributed by atoms with Crippen LogP contribution in [0.3, 0.4) is 0 Å². The third kappa shape index (κ3) is 3.62. The van der Waals surface area contributed by atoms with Crippen molar-refractivity contribution in [2.45, 2.75) is 51.2 Å². The Bertz CT molecular complexity index is 364. The van der Waals surface area contributed by atoms with Crippen LogP contribution in [0.15, 0.2) is 0 Å². The van der Waals surface area contributed by atoms with Gasteiger partial charge in [0.25, 0.3) is 0 Å². The van der Waals surface area contributed by atoms with E-state index < -0.39 is 5.97 Å². The van der Waals surface area contributed by atoms with Crippen LogP contribution < -0.4 is 5.32 Å². The molecule has 0 aromatic heterocycles. The summed E-state index contributed by atoms with van der Waals surface area (Å²) in [6.07, 6.45) is 3.26. The van der Waals surface area contributed by atoms with Crippen LogP contribution >= 0.6 is 0 Å². The van der Waals surface area contributed by atoms with Gasteiger partial charge in [0.2, 0.25) is 0 Å². The average molecular weight is 284 g/mol. The summed E-state index contributed by atoms with van der Waals surface area (Å²) < 4.78 is 0. The van der Waals surface area contributed by atoms with Crippen molar-refractivity contribution in [3.63, 3.8) is 0 Å². The number of nitrogens with zero attached hydrogens (tertiary/aromatic N) is 1. The van der Waals surface area contributed by atoms with Gasteiger partial charge in [-0.1, -0.05) is 0 Å². The van der Waals surface area contributed by atoms with Gasteiger partial charge >= 0.3 is 12.0 Å². The topological polar surface area (TPSA) is 89.9 Å². The maximum atomic E-state index is 12.1. The smallest absolute Gasteiger partial charge is 0.317 e. The van der Waals surface area contributed by atoms with E-state index in [0.29, 0.717) is 25.9 Å². The number of amides is 2. The van der Waals surface area contributed by atoms with E-state index in [2.05, 4.69) is 5.32 Å². The molecule has 20 heavy (non-hydrogen) atoms. The van der Waals surface area contributed by atoms with E-state index in [9.17, 15) is 14.7 Å². The molecule has 6 nitrogen and oxygen atoms in total. The summed E-state index contributed by atoms with van der Waals surface area (Å²) in [6.45, 7) is 3.12. The third-order valence-corrected chi connectivity index (χ3v) is 4.62. The molecule has 0 bridgehead atoms. The number of carbonyl (C=O) groups excluding carboxylic acids is 1. The van der Waals surface area contributed by atoms with Crippen molar-refractivity contribution in [2.24, 2.45) is 11.8 Å². The molecule has 2 rings (SSSR count). The van der Waals surface area contributed by atoms with Crippen LogP contribution in [0, 0.1) is 11.8 Å². The molecule has 2 fully saturated rings. The Kier molecular flexibility index (Phi) is 4.86. The molecule has 1 saturated carbocycles. The van der Waals surface area contributed by atoms with E-state index >= 15 is 0 Å². The third-order valence-electron chi connectivity index (χ3n) is 4.62. The lowest BCUT2D eigenvalue weighted by atomic mass is 9.92. The number of carbonyl (C=O) groups is 2. The second kappa shape index (κ2) is 6.43. The summed E-state index contributed by atoms with van der Waals surface area (Å²) >= 11 is 0. The van der Waals surface area contributed by atoms with Crippen molar-refractivity contribution < 1.29 is 19.8 Å². The minimum absolute atomic E-state index is 0.0157. The standard InChI is InChI=1S/C14H24N2O4/c1-9(17)10-4-6-16(7-5-10)14(20)15-12-3-2-11(8-12)13(18)19/h9-12,17H,2-8H2,1H3,(H,15,20)(H,18,19)/t9?,11-,12+/m1/s1. The lowest BCUT2D eigenvalue weighted by molar-refractivity contribution is -0.141. The Balaban J connectivity index is 1.75. The minimum Gasteiger partial charge on any atom is -0.481 e. The summed E-state index contributed by atoms with van der Waals surface area (Å²) in [7, 11) is 0. The molecule has 6 heteroatoms. The van der Waals surface area contributed by atoms with Gasteiger partial charge in [-0.3, -0.25) is 4.79 Å². The summed E-state index contributed by atoms with van der Waals surface area (Å²) in [6, 6.07) is -0.108. The maximum absolute atomic E-state index is 12.1. The van der Waals surface area contributed by atoms with Gasteiger partial charge in [-0.15, -0.1) is 0 Å². The highest BCUT2D eigenvalue weighted by Crippen LogP contribution is 2.26. The Hall–Kier alpha value is -1.30. The number of aliphatic hydroxyl groups excluding tert-OH is 1. The van der Waals surface area contributed by atoms with Gasteiger partial charge < -0.3 is 20.4 Å². The van der Waals surface area contributed by atoms with Crippen molar-refractivity contribution in [1.29, 1.82) is 0 Å². The molecule has 3 N–H and O–H groups in total. The molecule has 0 aromatic rings. The number of carboxylic acids is 1. The molecule has 1 saturated heterocycles. The SMILES string of the molecule is CC(O)C1CCN(C(=O)N[C@H]2CC[C@@H](C(=O)O)C2)CC1. The monoisotopic (exact) mass is 284 g/mol. The summed E-state index contributed by atoms with van der Waals surface area (Å²) in [5.41, 5.74) is 0. The van der Waals surface area contributed by atoms with Crippen molar-refractivity contribution >= 4 is 12.0 Å². The quantitative estimate of drug-likeness (QED) is 0.722. The van der Waals surface area contributed by atoms with Crippen LogP contribution in [-0.4, -0.2) is 52.3 Å². The Morgan fingerprint density at radius 1 is 1.20 bits per heavy atom. The predicted molar refractivity (Wildman–Crippen MR) is 73.3 cm³/mol. The van der Waals surface area contributed by atoms with E-state index in [1.807, 2.05) is 0 Å². The van der Waals surface area contributed by atoms with E-state index in [4.69, 9.17) is 5.11 Å². The zero-order valence-corrected chi connectivity index (χ0v) is 11.9. The van der Waals surface area contributed by atoms with E-state index in [-0.39, 0.29) is 30.0 Å².